The number of hydrogen-bond acceptors (Lipinski definition) is 4. The Labute approximate surface area is 112 Å². The monoisotopic (exact) mass is 280 g/mol. The molecule has 2 rings (SSSR count). The van der Waals surface area contributed by atoms with Crippen molar-refractivity contribution in [2.45, 2.75) is 6.54 Å². The van der Waals surface area contributed by atoms with Gasteiger partial charge in [0.25, 0.3) is 5.69 Å². The minimum absolute atomic E-state index is 0.0534. The zero-order valence-electron chi connectivity index (χ0n) is 10.1. The smallest absolute Gasteiger partial charge is 0.295 e. The molecule has 0 fully saturated rings. The van der Waals surface area contributed by atoms with Crippen LogP contribution in [0.4, 0.5) is 20.2 Å². The Morgan fingerprint density at radius 1 is 1.15 bits per heavy atom. The molecular formula is C13H10F2N2O3. The number of nitrogens with zero attached hydrogens (tertiary/aromatic N) is 1. The van der Waals surface area contributed by atoms with Crippen LogP contribution in [0.25, 0.3) is 0 Å². The molecule has 7 heteroatoms. The summed E-state index contributed by atoms with van der Waals surface area (Å²) in [6.07, 6.45) is 0. The second-order valence-corrected chi connectivity index (χ2v) is 4.09. The van der Waals surface area contributed by atoms with E-state index in [0.717, 1.165) is 18.2 Å². The topological polar surface area (TPSA) is 75.4 Å². The van der Waals surface area contributed by atoms with Crippen molar-refractivity contribution in [3.63, 3.8) is 0 Å². The van der Waals surface area contributed by atoms with Gasteiger partial charge in [0.1, 0.15) is 23.1 Å². The molecule has 0 aliphatic carbocycles. The maximum absolute atomic E-state index is 13.1. The third-order valence-electron chi connectivity index (χ3n) is 2.58. The lowest BCUT2D eigenvalue weighted by molar-refractivity contribution is -0.384. The van der Waals surface area contributed by atoms with Crippen LogP contribution in [-0.2, 0) is 6.54 Å². The lowest BCUT2D eigenvalue weighted by Gasteiger charge is -2.08. The molecule has 0 atom stereocenters. The Morgan fingerprint density at radius 3 is 2.55 bits per heavy atom. The quantitative estimate of drug-likeness (QED) is 0.666. The Kier molecular flexibility index (Phi) is 3.79. The summed E-state index contributed by atoms with van der Waals surface area (Å²) in [7, 11) is 0. The predicted octanol–water partition coefficient (Wildman–Crippen LogP) is 3.19. The van der Waals surface area contributed by atoms with E-state index in [1.54, 1.807) is 0 Å². The van der Waals surface area contributed by atoms with E-state index >= 15 is 0 Å². The molecule has 0 aromatic heterocycles. The molecule has 2 N–H and O–H groups in total. The number of halogens is 2. The summed E-state index contributed by atoms with van der Waals surface area (Å²) in [4.78, 5) is 10.1. The standard InChI is InChI=1S/C13H10F2N2O3/c14-9-1-2-12(13(6-9)17(19)20)16-7-8-3-10(15)5-11(18)4-8/h1-6,16,18H,7H2. The highest BCUT2D eigenvalue weighted by Crippen LogP contribution is 2.26. The zero-order chi connectivity index (χ0) is 14.7. The largest absolute Gasteiger partial charge is 0.508 e. The normalized spacial score (nSPS) is 10.3. The van der Waals surface area contributed by atoms with Gasteiger partial charge in [0.15, 0.2) is 0 Å². The lowest BCUT2D eigenvalue weighted by atomic mass is 10.2. The highest BCUT2D eigenvalue weighted by Gasteiger charge is 2.14. The SMILES string of the molecule is O=[N+]([O-])c1cc(F)ccc1NCc1cc(O)cc(F)c1. The molecule has 2 aromatic rings. The number of nitrogens with one attached hydrogen (secondary N) is 1. The summed E-state index contributed by atoms with van der Waals surface area (Å²) in [5.41, 5.74) is 0.104. The average Bonchev–Trinajstić information content (AvgIpc) is 2.36. The van der Waals surface area contributed by atoms with Gasteiger partial charge in [-0.2, -0.15) is 0 Å². The average molecular weight is 280 g/mol. The van der Waals surface area contributed by atoms with Gasteiger partial charge in [-0.15, -0.1) is 0 Å². The van der Waals surface area contributed by atoms with E-state index in [4.69, 9.17) is 0 Å². The number of nitro benzene ring substituents is 1. The molecule has 0 saturated carbocycles. The van der Waals surface area contributed by atoms with Crippen molar-refractivity contribution in [2.24, 2.45) is 0 Å². The summed E-state index contributed by atoms with van der Waals surface area (Å²) in [6, 6.07) is 6.56. The Balaban J connectivity index is 2.20. The molecule has 104 valence electrons. The van der Waals surface area contributed by atoms with Crippen LogP contribution in [0.5, 0.6) is 5.75 Å². The molecule has 0 aliphatic rings. The Bertz CT molecular complexity index is 642. The summed E-state index contributed by atoms with van der Waals surface area (Å²) < 4.78 is 26.0. The fourth-order valence-electron chi connectivity index (χ4n) is 1.74. The maximum atomic E-state index is 13.1. The first-order valence-electron chi connectivity index (χ1n) is 5.62. The summed E-state index contributed by atoms with van der Waals surface area (Å²) in [6.45, 7) is 0.0534. The van der Waals surface area contributed by atoms with E-state index in [9.17, 15) is 24.0 Å². The summed E-state index contributed by atoms with van der Waals surface area (Å²) >= 11 is 0. The molecule has 0 bridgehead atoms. The second kappa shape index (κ2) is 5.52. The van der Waals surface area contributed by atoms with Gasteiger partial charge >= 0.3 is 0 Å². The highest BCUT2D eigenvalue weighted by molar-refractivity contribution is 5.61. The number of phenolic OH excluding ortho intramolecular Hbond substituents is 1. The molecule has 20 heavy (non-hydrogen) atoms. The van der Waals surface area contributed by atoms with Crippen LogP contribution >= 0.6 is 0 Å². The molecule has 0 spiro atoms. The first-order chi connectivity index (χ1) is 9.45. The number of anilines is 1. The minimum Gasteiger partial charge on any atom is -0.508 e. The molecule has 2 aromatic carbocycles. The number of aromatic hydroxyl groups is 1. The van der Waals surface area contributed by atoms with Crippen molar-refractivity contribution in [3.05, 3.63) is 63.7 Å². The van der Waals surface area contributed by atoms with Crippen molar-refractivity contribution < 1.29 is 18.8 Å². The Hall–Kier alpha value is -2.70. The summed E-state index contributed by atoms with van der Waals surface area (Å²) in [5, 5.41) is 22.7. The van der Waals surface area contributed by atoms with Crippen LogP contribution in [0.3, 0.4) is 0 Å². The van der Waals surface area contributed by atoms with E-state index in [-0.39, 0.29) is 18.0 Å². The highest BCUT2D eigenvalue weighted by atomic mass is 19.1. The van der Waals surface area contributed by atoms with Crippen LogP contribution in [0.1, 0.15) is 5.56 Å². The van der Waals surface area contributed by atoms with Crippen LogP contribution in [0, 0.1) is 21.7 Å². The van der Waals surface area contributed by atoms with E-state index in [2.05, 4.69) is 5.32 Å². The van der Waals surface area contributed by atoms with Gasteiger partial charge in [0.05, 0.1) is 11.0 Å². The van der Waals surface area contributed by atoms with Crippen molar-refractivity contribution in [2.75, 3.05) is 5.32 Å². The fourth-order valence-corrected chi connectivity index (χ4v) is 1.74. The van der Waals surface area contributed by atoms with Crippen molar-refractivity contribution in [3.8, 4) is 5.75 Å². The van der Waals surface area contributed by atoms with Crippen molar-refractivity contribution in [1.82, 2.24) is 0 Å². The van der Waals surface area contributed by atoms with Gasteiger partial charge in [-0.3, -0.25) is 10.1 Å². The van der Waals surface area contributed by atoms with Gasteiger partial charge in [-0.1, -0.05) is 0 Å². The van der Waals surface area contributed by atoms with E-state index in [1.807, 2.05) is 0 Å². The van der Waals surface area contributed by atoms with E-state index in [1.165, 1.54) is 18.2 Å². The fraction of sp³-hybridized carbons (Fsp3) is 0.0769. The molecule has 0 amide bonds. The third kappa shape index (κ3) is 3.19. The minimum atomic E-state index is -0.717. The summed E-state index contributed by atoms with van der Waals surface area (Å²) in [5.74, 6) is -1.57. The number of benzene rings is 2. The van der Waals surface area contributed by atoms with Crippen LogP contribution < -0.4 is 5.32 Å². The first-order valence-corrected chi connectivity index (χ1v) is 5.62. The second-order valence-electron chi connectivity index (χ2n) is 4.09. The number of hydrogen-bond donors (Lipinski definition) is 2. The van der Waals surface area contributed by atoms with Gasteiger partial charge in [0, 0.05) is 12.6 Å². The van der Waals surface area contributed by atoms with Gasteiger partial charge < -0.3 is 10.4 Å². The molecule has 0 aliphatic heterocycles. The maximum Gasteiger partial charge on any atom is 0.295 e. The molecule has 0 saturated heterocycles. The van der Waals surface area contributed by atoms with Crippen LogP contribution in [0.15, 0.2) is 36.4 Å². The molecule has 0 radical (unpaired) electrons. The third-order valence-corrected chi connectivity index (χ3v) is 2.58. The molecule has 0 heterocycles. The van der Waals surface area contributed by atoms with Crippen LogP contribution in [-0.4, -0.2) is 10.0 Å². The van der Waals surface area contributed by atoms with Crippen molar-refractivity contribution >= 4 is 11.4 Å². The number of phenols is 1. The number of rotatable bonds is 4. The van der Waals surface area contributed by atoms with E-state index in [0.29, 0.717) is 5.56 Å². The number of nitro groups is 1. The van der Waals surface area contributed by atoms with Gasteiger partial charge in [-0.05, 0) is 29.8 Å². The first kappa shape index (κ1) is 13.7. The zero-order valence-corrected chi connectivity index (χ0v) is 10.1. The van der Waals surface area contributed by atoms with E-state index < -0.39 is 22.2 Å². The van der Waals surface area contributed by atoms with Gasteiger partial charge in [0.2, 0.25) is 0 Å². The lowest BCUT2D eigenvalue weighted by Crippen LogP contribution is -2.03. The van der Waals surface area contributed by atoms with Crippen LogP contribution in [0.2, 0.25) is 0 Å². The predicted molar refractivity (Wildman–Crippen MR) is 68.4 cm³/mol. The molecule has 5 nitrogen and oxygen atoms in total. The Morgan fingerprint density at radius 2 is 1.90 bits per heavy atom. The van der Waals surface area contributed by atoms with Gasteiger partial charge in [-0.25, -0.2) is 8.78 Å². The molecule has 0 unspecified atom stereocenters. The van der Waals surface area contributed by atoms with Crippen molar-refractivity contribution in [1.29, 1.82) is 0 Å². The molecular weight excluding hydrogens is 270 g/mol.